The monoisotopic (exact) mass is 465 g/mol. The highest BCUT2D eigenvalue weighted by molar-refractivity contribution is 6.10. The molecule has 0 radical (unpaired) electrons. The van der Waals surface area contributed by atoms with Gasteiger partial charge in [-0.1, -0.05) is 30.3 Å². The average molecular weight is 465 g/mol. The Morgan fingerprint density at radius 2 is 1.45 bits per heavy atom. The van der Waals surface area contributed by atoms with Crippen LogP contribution in [0.2, 0.25) is 0 Å². The fourth-order valence-corrected chi connectivity index (χ4v) is 3.25. The van der Waals surface area contributed by atoms with Crippen molar-refractivity contribution < 1.29 is 35.9 Å². The summed E-state index contributed by atoms with van der Waals surface area (Å²) in [6.07, 6.45) is -9.56. The summed E-state index contributed by atoms with van der Waals surface area (Å²) in [6.45, 7) is 1.42. The van der Waals surface area contributed by atoms with Gasteiger partial charge in [0.25, 0.3) is 5.91 Å². The van der Waals surface area contributed by atoms with E-state index < -0.39 is 35.2 Å². The first-order valence-corrected chi connectivity index (χ1v) is 9.63. The van der Waals surface area contributed by atoms with E-state index in [-0.39, 0.29) is 34.4 Å². The largest absolute Gasteiger partial charge is 0.416 e. The minimum atomic E-state index is -4.64. The van der Waals surface area contributed by atoms with E-state index in [0.29, 0.717) is 6.07 Å². The first-order valence-electron chi connectivity index (χ1n) is 9.63. The van der Waals surface area contributed by atoms with Crippen LogP contribution in [0.3, 0.4) is 0 Å². The number of hydrogen-bond donors (Lipinski definition) is 1. The number of benzene rings is 3. The molecule has 0 saturated carbocycles. The number of anilines is 1. The molecule has 0 bridgehead atoms. The van der Waals surface area contributed by atoms with E-state index in [4.69, 9.17) is 0 Å². The summed E-state index contributed by atoms with van der Waals surface area (Å²) in [5.74, 6) is -1.42. The third-order valence-corrected chi connectivity index (χ3v) is 4.76. The summed E-state index contributed by atoms with van der Waals surface area (Å²) in [7, 11) is 0. The fourth-order valence-electron chi connectivity index (χ4n) is 3.25. The number of alkyl halides is 6. The molecule has 0 aromatic heterocycles. The molecule has 0 atom stereocenters. The standard InChI is InChI=1S/C24H17F6NO2/c1-14-9-16(13-18(10-14)24(28,29)30)22(33)31-20-8-3-2-7-19(20)21(32)12-15-5-4-6-17(11-15)23(25,26)27/h2-11,13H,12H2,1H3,(H,31,33). The lowest BCUT2D eigenvalue weighted by atomic mass is 9.99. The van der Waals surface area contributed by atoms with Gasteiger partial charge in [-0.3, -0.25) is 9.59 Å². The molecular weight excluding hydrogens is 448 g/mol. The van der Waals surface area contributed by atoms with Crippen LogP contribution in [0, 0.1) is 6.92 Å². The average Bonchev–Trinajstić information content (AvgIpc) is 2.72. The molecule has 1 N–H and O–H groups in total. The Morgan fingerprint density at radius 3 is 2.12 bits per heavy atom. The van der Waals surface area contributed by atoms with E-state index in [0.717, 1.165) is 18.2 Å². The highest BCUT2D eigenvalue weighted by atomic mass is 19.4. The number of carbonyl (C=O) groups excluding carboxylic acids is 2. The minimum absolute atomic E-state index is 0.0203. The number of halogens is 6. The van der Waals surface area contributed by atoms with Crippen molar-refractivity contribution >= 4 is 17.4 Å². The molecule has 0 aliphatic carbocycles. The summed E-state index contributed by atoms with van der Waals surface area (Å²) >= 11 is 0. The molecule has 33 heavy (non-hydrogen) atoms. The predicted octanol–water partition coefficient (Wildman–Crippen LogP) is 6.71. The number of hydrogen-bond acceptors (Lipinski definition) is 2. The smallest absolute Gasteiger partial charge is 0.321 e. The van der Waals surface area contributed by atoms with Gasteiger partial charge >= 0.3 is 12.4 Å². The van der Waals surface area contributed by atoms with Crippen LogP contribution in [0.5, 0.6) is 0 Å². The van der Waals surface area contributed by atoms with E-state index in [2.05, 4.69) is 5.32 Å². The quantitative estimate of drug-likeness (QED) is 0.336. The number of para-hydroxylation sites is 1. The maximum absolute atomic E-state index is 13.1. The molecule has 0 aliphatic heterocycles. The lowest BCUT2D eigenvalue weighted by molar-refractivity contribution is -0.138. The molecule has 9 heteroatoms. The second kappa shape index (κ2) is 9.09. The number of nitrogens with one attached hydrogen (secondary N) is 1. The molecule has 3 aromatic carbocycles. The first-order chi connectivity index (χ1) is 15.3. The zero-order valence-corrected chi connectivity index (χ0v) is 17.1. The second-order valence-corrected chi connectivity index (χ2v) is 7.38. The Morgan fingerprint density at radius 1 is 0.788 bits per heavy atom. The summed E-state index contributed by atoms with van der Waals surface area (Å²) < 4.78 is 78.0. The minimum Gasteiger partial charge on any atom is -0.321 e. The highest BCUT2D eigenvalue weighted by Crippen LogP contribution is 2.32. The van der Waals surface area contributed by atoms with E-state index >= 15 is 0 Å². The molecule has 0 aliphatic rings. The molecule has 3 aromatic rings. The van der Waals surface area contributed by atoms with Crippen molar-refractivity contribution in [2.75, 3.05) is 5.32 Å². The molecule has 0 fully saturated rings. The van der Waals surface area contributed by atoms with Crippen LogP contribution in [0.15, 0.2) is 66.7 Å². The number of ketones is 1. The zero-order valence-electron chi connectivity index (χ0n) is 17.1. The van der Waals surface area contributed by atoms with Crippen molar-refractivity contribution in [1.29, 1.82) is 0 Å². The van der Waals surface area contributed by atoms with Gasteiger partial charge in [-0.05, 0) is 54.4 Å². The number of rotatable bonds is 5. The van der Waals surface area contributed by atoms with E-state index in [1.807, 2.05) is 0 Å². The molecule has 0 heterocycles. The van der Waals surface area contributed by atoms with Gasteiger partial charge in [0.1, 0.15) is 0 Å². The lowest BCUT2D eigenvalue weighted by Crippen LogP contribution is -2.17. The van der Waals surface area contributed by atoms with Crippen LogP contribution in [-0.2, 0) is 18.8 Å². The molecule has 172 valence electrons. The summed E-state index contributed by atoms with van der Waals surface area (Å²) in [4.78, 5) is 25.4. The van der Waals surface area contributed by atoms with Crippen LogP contribution in [0.4, 0.5) is 32.0 Å². The Labute approximate surface area is 185 Å². The van der Waals surface area contributed by atoms with Crippen LogP contribution in [-0.4, -0.2) is 11.7 Å². The summed E-state index contributed by atoms with van der Waals surface area (Å²) in [5.41, 5.74) is -1.71. The Hall–Kier alpha value is -3.62. The van der Waals surface area contributed by atoms with Crippen LogP contribution >= 0.6 is 0 Å². The van der Waals surface area contributed by atoms with Crippen molar-refractivity contribution in [3.05, 3.63) is 100 Å². The van der Waals surface area contributed by atoms with E-state index in [1.54, 1.807) is 0 Å². The molecule has 0 saturated heterocycles. The summed E-state index contributed by atoms with van der Waals surface area (Å²) in [5, 5.41) is 2.43. The molecule has 0 unspecified atom stereocenters. The number of amides is 1. The second-order valence-electron chi connectivity index (χ2n) is 7.38. The number of aryl methyl sites for hydroxylation is 1. The van der Waals surface area contributed by atoms with Gasteiger partial charge in [-0.2, -0.15) is 26.3 Å². The van der Waals surface area contributed by atoms with Gasteiger partial charge in [0, 0.05) is 17.5 Å². The van der Waals surface area contributed by atoms with Gasteiger partial charge < -0.3 is 5.32 Å². The molecular formula is C24H17F6NO2. The van der Waals surface area contributed by atoms with Crippen molar-refractivity contribution in [1.82, 2.24) is 0 Å². The van der Waals surface area contributed by atoms with Gasteiger partial charge in [-0.15, -0.1) is 0 Å². The van der Waals surface area contributed by atoms with Crippen molar-refractivity contribution in [3.8, 4) is 0 Å². The van der Waals surface area contributed by atoms with E-state index in [1.165, 1.54) is 49.4 Å². The Kier molecular flexibility index (Phi) is 6.62. The zero-order chi connectivity index (χ0) is 24.4. The predicted molar refractivity (Wildman–Crippen MR) is 110 cm³/mol. The Balaban J connectivity index is 1.85. The summed E-state index contributed by atoms with van der Waals surface area (Å²) in [6, 6.07) is 13.0. The van der Waals surface area contributed by atoms with Crippen LogP contribution < -0.4 is 5.32 Å². The first kappa shape index (κ1) is 24.0. The van der Waals surface area contributed by atoms with Crippen molar-refractivity contribution in [3.63, 3.8) is 0 Å². The van der Waals surface area contributed by atoms with Crippen molar-refractivity contribution in [2.45, 2.75) is 25.7 Å². The molecule has 3 nitrogen and oxygen atoms in total. The number of carbonyl (C=O) groups is 2. The molecule has 3 rings (SSSR count). The van der Waals surface area contributed by atoms with Gasteiger partial charge in [0.2, 0.25) is 0 Å². The van der Waals surface area contributed by atoms with Crippen LogP contribution in [0.25, 0.3) is 0 Å². The van der Waals surface area contributed by atoms with Gasteiger partial charge in [-0.25, -0.2) is 0 Å². The normalized spacial score (nSPS) is 11.8. The van der Waals surface area contributed by atoms with Crippen molar-refractivity contribution in [2.24, 2.45) is 0 Å². The maximum Gasteiger partial charge on any atom is 0.416 e. The SMILES string of the molecule is Cc1cc(C(=O)Nc2ccccc2C(=O)Cc2cccc(C(F)(F)F)c2)cc(C(F)(F)F)c1. The van der Waals surface area contributed by atoms with E-state index in [9.17, 15) is 35.9 Å². The van der Waals surface area contributed by atoms with Gasteiger partial charge in [0.05, 0.1) is 16.8 Å². The highest BCUT2D eigenvalue weighted by Gasteiger charge is 2.32. The Bertz CT molecular complexity index is 1200. The molecule has 0 spiro atoms. The fraction of sp³-hybridized carbons (Fsp3) is 0.167. The van der Waals surface area contributed by atoms with Crippen LogP contribution in [0.1, 0.15) is 43.0 Å². The third-order valence-electron chi connectivity index (χ3n) is 4.76. The maximum atomic E-state index is 13.1. The van der Waals surface area contributed by atoms with Gasteiger partial charge in [0.15, 0.2) is 5.78 Å². The lowest BCUT2D eigenvalue weighted by Gasteiger charge is -2.13. The third kappa shape index (κ3) is 6.00. The topological polar surface area (TPSA) is 46.2 Å². The number of Topliss-reactive ketones (excluding diaryl/α,β-unsaturated/α-hetero) is 1. The molecule has 1 amide bonds.